The number of nitrogens with zero attached hydrogens (tertiary/aromatic N) is 3. The van der Waals surface area contributed by atoms with Crippen molar-refractivity contribution >= 4 is 40.2 Å². The van der Waals surface area contributed by atoms with Crippen LogP contribution in [0.15, 0.2) is 40.4 Å². The first-order valence-corrected chi connectivity index (χ1v) is 9.34. The number of amides is 2. The van der Waals surface area contributed by atoms with Crippen molar-refractivity contribution in [1.82, 2.24) is 14.3 Å². The molecule has 126 valence electrons. The van der Waals surface area contributed by atoms with E-state index in [1.165, 1.54) is 23.3 Å². The average molecular weight is 362 g/mol. The van der Waals surface area contributed by atoms with Crippen molar-refractivity contribution in [1.29, 1.82) is 0 Å². The molecule has 1 aliphatic heterocycles. The van der Waals surface area contributed by atoms with Crippen molar-refractivity contribution in [3.8, 4) is 0 Å². The highest BCUT2D eigenvalue weighted by Crippen LogP contribution is 2.28. The lowest BCUT2D eigenvalue weighted by Crippen LogP contribution is -2.40. The monoisotopic (exact) mass is 362 g/mol. The molecule has 0 radical (unpaired) electrons. The minimum atomic E-state index is -0.0743. The van der Waals surface area contributed by atoms with Gasteiger partial charge in [-0.05, 0) is 36.7 Å². The molecule has 0 unspecified atom stereocenters. The van der Waals surface area contributed by atoms with Gasteiger partial charge in [-0.1, -0.05) is 18.2 Å². The lowest BCUT2D eigenvalue weighted by atomic mass is 9.96. The predicted molar refractivity (Wildman–Crippen MR) is 94.1 cm³/mol. The maximum Gasteiger partial charge on any atom is 0.229 e. The minimum absolute atomic E-state index is 0.0365. The van der Waals surface area contributed by atoms with Gasteiger partial charge in [0.05, 0.1) is 0 Å². The standard InChI is InChI=1S/C16H18N4O2S2/c1-11(21)20-9-7-12(8-10-20)14(22)17-15-18-16(19-24-15)23-13-5-3-2-4-6-13/h2-6,12H,7-10H2,1H3,(H,17,18,19,22). The number of hydrogen-bond acceptors (Lipinski definition) is 6. The van der Waals surface area contributed by atoms with Crippen molar-refractivity contribution in [3.05, 3.63) is 30.3 Å². The van der Waals surface area contributed by atoms with E-state index >= 15 is 0 Å². The molecule has 2 amide bonds. The third-order valence-electron chi connectivity index (χ3n) is 3.90. The fourth-order valence-corrected chi connectivity index (χ4v) is 4.00. The van der Waals surface area contributed by atoms with E-state index in [-0.39, 0.29) is 17.7 Å². The molecule has 8 heteroatoms. The number of hydrogen-bond donors (Lipinski definition) is 1. The minimum Gasteiger partial charge on any atom is -0.343 e. The van der Waals surface area contributed by atoms with E-state index in [0.717, 1.165) is 4.90 Å². The summed E-state index contributed by atoms with van der Waals surface area (Å²) in [5, 5.41) is 4.00. The molecule has 2 aromatic rings. The topological polar surface area (TPSA) is 75.2 Å². The predicted octanol–water partition coefficient (Wildman–Crippen LogP) is 2.89. The van der Waals surface area contributed by atoms with E-state index in [4.69, 9.17) is 0 Å². The fourth-order valence-electron chi connectivity index (χ4n) is 2.56. The number of aromatic nitrogens is 2. The van der Waals surface area contributed by atoms with Gasteiger partial charge in [0.2, 0.25) is 22.1 Å². The van der Waals surface area contributed by atoms with Crippen LogP contribution in [0.5, 0.6) is 0 Å². The van der Waals surface area contributed by atoms with E-state index in [0.29, 0.717) is 36.2 Å². The van der Waals surface area contributed by atoms with E-state index in [1.54, 1.807) is 11.8 Å². The molecule has 1 N–H and O–H groups in total. The maximum absolute atomic E-state index is 12.3. The molecule has 24 heavy (non-hydrogen) atoms. The van der Waals surface area contributed by atoms with Gasteiger partial charge in [0.15, 0.2) is 0 Å². The number of rotatable bonds is 4. The van der Waals surface area contributed by atoms with Crippen LogP contribution in [-0.2, 0) is 9.59 Å². The smallest absolute Gasteiger partial charge is 0.229 e. The van der Waals surface area contributed by atoms with Gasteiger partial charge < -0.3 is 10.2 Å². The van der Waals surface area contributed by atoms with Gasteiger partial charge in [-0.15, -0.1) is 0 Å². The van der Waals surface area contributed by atoms with Gasteiger partial charge in [-0.25, -0.2) is 0 Å². The summed E-state index contributed by atoms with van der Waals surface area (Å²) in [5.74, 6) is -0.0408. The lowest BCUT2D eigenvalue weighted by Gasteiger charge is -2.30. The van der Waals surface area contributed by atoms with Gasteiger partial charge in [-0.2, -0.15) is 9.36 Å². The molecule has 1 fully saturated rings. The molecule has 0 atom stereocenters. The van der Waals surface area contributed by atoms with Crippen molar-refractivity contribution in [2.75, 3.05) is 18.4 Å². The van der Waals surface area contributed by atoms with Crippen LogP contribution in [0, 0.1) is 5.92 Å². The Kier molecular flexibility index (Phi) is 5.47. The quantitative estimate of drug-likeness (QED) is 0.905. The molecule has 0 spiro atoms. The Bertz CT molecular complexity index is 712. The molecule has 1 aromatic heterocycles. The van der Waals surface area contributed by atoms with Gasteiger partial charge in [0, 0.05) is 42.4 Å². The van der Waals surface area contributed by atoms with Crippen LogP contribution in [0.1, 0.15) is 19.8 Å². The summed E-state index contributed by atoms with van der Waals surface area (Å²) < 4.78 is 4.27. The first kappa shape index (κ1) is 16.9. The van der Waals surface area contributed by atoms with Crippen LogP contribution in [-0.4, -0.2) is 39.2 Å². The van der Waals surface area contributed by atoms with Gasteiger partial charge in [0.25, 0.3) is 0 Å². The van der Waals surface area contributed by atoms with E-state index < -0.39 is 0 Å². The molecule has 6 nitrogen and oxygen atoms in total. The molecular formula is C16H18N4O2S2. The van der Waals surface area contributed by atoms with E-state index in [2.05, 4.69) is 14.7 Å². The van der Waals surface area contributed by atoms with Gasteiger partial charge >= 0.3 is 0 Å². The van der Waals surface area contributed by atoms with Crippen LogP contribution < -0.4 is 5.32 Å². The normalized spacial score (nSPS) is 15.3. The first-order chi connectivity index (χ1) is 11.6. The zero-order valence-electron chi connectivity index (χ0n) is 13.3. The Balaban J connectivity index is 1.53. The summed E-state index contributed by atoms with van der Waals surface area (Å²) in [6.07, 6.45) is 1.38. The van der Waals surface area contributed by atoms with Crippen LogP contribution in [0.3, 0.4) is 0 Å². The van der Waals surface area contributed by atoms with Crippen molar-refractivity contribution < 1.29 is 9.59 Å². The second kappa shape index (κ2) is 7.76. The number of nitrogens with one attached hydrogen (secondary N) is 1. The number of anilines is 1. The van der Waals surface area contributed by atoms with Crippen molar-refractivity contribution in [3.63, 3.8) is 0 Å². The zero-order valence-corrected chi connectivity index (χ0v) is 14.9. The van der Waals surface area contributed by atoms with Gasteiger partial charge in [-0.3, -0.25) is 9.59 Å². The lowest BCUT2D eigenvalue weighted by molar-refractivity contribution is -0.132. The second-order valence-electron chi connectivity index (χ2n) is 5.57. The molecule has 1 aromatic carbocycles. The number of carbonyl (C=O) groups is 2. The first-order valence-electron chi connectivity index (χ1n) is 7.75. The summed E-state index contributed by atoms with van der Waals surface area (Å²) in [6.45, 7) is 2.84. The Morgan fingerprint density at radius 3 is 2.62 bits per heavy atom. The number of likely N-dealkylation sites (tertiary alicyclic amines) is 1. The molecule has 1 saturated heterocycles. The second-order valence-corrected chi connectivity index (χ2v) is 7.36. The Morgan fingerprint density at radius 2 is 1.96 bits per heavy atom. The average Bonchev–Trinajstić information content (AvgIpc) is 3.02. The highest BCUT2D eigenvalue weighted by molar-refractivity contribution is 7.99. The number of benzene rings is 1. The molecule has 1 aliphatic rings. The summed E-state index contributed by atoms with van der Waals surface area (Å²) in [4.78, 5) is 30.9. The zero-order chi connectivity index (χ0) is 16.9. The summed E-state index contributed by atoms with van der Waals surface area (Å²) in [5.41, 5.74) is 0. The highest BCUT2D eigenvalue weighted by atomic mass is 32.2. The maximum atomic E-state index is 12.3. The third kappa shape index (κ3) is 4.33. The van der Waals surface area contributed by atoms with Crippen LogP contribution >= 0.6 is 23.3 Å². The van der Waals surface area contributed by atoms with E-state index in [1.807, 2.05) is 30.3 Å². The fraction of sp³-hybridized carbons (Fsp3) is 0.375. The largest absolute Gasteiger partial charge is 0.343 e. The summed E-state index contributed by atoms with van der Waals surface area (Å²) >= 11 is 2.66. The molecule has 0 bridgehead atoms. The number of piperidine rings is 1. The molecule has 0 saturated carbocycles. The summed E-state index contributed by atoms with van der Waals surface area (Å²) in [7, 11) is 0. The van der Waals surface area contributed by atoms with Crippen molar-refractivity contribution in [2.24, 2.45) is 5.92 Å². The Hall–Kier alpha value is -1.93. The van der Waals surface area contributed by atoms with Gasteiger partial charge in [0.1, 0.15) is 0 Å². The Morgan fingerprint density at radius 1 is 1.25 bits per heavy atom. The SMILES string of the molecule is CC(=O)N1CCC(C(=O)Nc2nc(Sc3ccccc3)ns2)CC1. The van der Waals surface area contributed by atoms with Crippen LogP contribution in [0.25, 0.3) is 0 Å². The Labute approximate surface area is 148 Å². The van der Waals surface area contributed by atoms with Crippen molar-refractivity contribution in [2.45, 2.75) is 29.8 Å². The molecule has 3 rings (SSSR count). The third-order valence-corrected chi connectivity index (χ3v) is 5.52. The number of carbonyl (C=O) groups excluding carboxylic acids is 2. The molecular weight excluding hydrogens is 344 g/mol. The molecule has 0 aliphatic carbocycles. The molecule has 2 heterocycles. The van der Waals surface area contributed by atoms with E-state index in [9.17, 15) is 9.59 Å². The summed E-state index contributed by atoms with van der Waals surface area (Å²) in [6, 6.07) is 9.87. The van der Waals surface area contributed by atoms with Crippen LogP contribution in [0.4, 0.5) is 5.13 Å². The highest BCUT2D eigenvalue weighted by Gasteiger charge is 2.26. The van der Waals surface area contributed by atoms with Crippen LogP contribution in [0.2, 0.25) is 0 Å².